The van der Waals surface area contributed by atoms with E-state index in [2.05, 4.69) is 32.8 Å². The summed E-state index contributed by atoms with van der Waals surface area (Å²) >= 11 is 3.98. The molecule has 1 aliphatic carbocycles. The van der Waals surface area contributed by atoms with Crippen LogP contribution in [0, 0.1) is 8.93 Å². The van der Waals surface area contributed by atoms with E-state index in [9.17, 15) is 0 Å². The highest BCUT2D eigenvalue weighted by atomic mass is 127. The van der Waals surface area contributed by atoms with E-state index < -0.39 is 0 Å². The normalized spacial score (nSPS) is 18.6. The Morgan fingerprint density at radius 1 is 1.21 bits per heavy atom. The Balaban J connectivity index is 1.76. The lowest BCUT2D eigenvalue weighted by Crippen LogP contribution is -2.07. The van der Waals surface area contributed by atoms with E-state index in [0.29, 0.717) is 0 Å². The van der Waals surface area contributed by atoms with Crippen LogP contribution in [-0.2, 0) is 6.42 Å². The van der Waals surface area contributed by atoms with Gasteiger partial charge in [-0.2, -0.15) is 0 Å². The fourth-order valence-corrected chi connectivity index (χ4v) is 3.59. The molecule has 0 spiro atoms. The van der Waals surface area contributed by atoms with Crippen molar-refractivity contribution in [2.24, 2.45) is 5.92 Å². The Bertz CT molecular complexity index is 281. The maximum atomic E-state index is 4.16. The Labute approximate surface area is 103 Å². The molecule has 0 saturated heterocycles. The number of hydrogen-bond acceptors (Lipinski definition) is 3. The highest BCUT2D eigenvalue weighted by Gasteiger charge is 2.14. The summed E-state index contributed by atoms with van der Waals surface area (Å²) in [7, 11) is 0. The first-order valence-corrected chi connectivity index (χ1v) is 7.22. The van der Waals surface area contributed by atoms with E-state index in [1.54, 1.807) is 11.3 Å². The summed E-state index contributed by atoms with van der Waals surface area (Å²) in [6.07, 6.45) is 9.69. The van der Waals surface area contributed by atoms with Gasteiger partial charge in [0, 0.05) is 6.42 Å². The minimum Gasteiger partial charge on any atom is -0.143 e. The van der Waals surface area contributed by atoms with Gasteiger partial charge in [0.15, 0.2) is 3.01 Å². The monoisotopic (exact) mass is 322 g/mol. The SMILES string of the molecule is Ic1nnc(CCC2CCCCC2)s1. The standard InChI is InChI=1S/C10H15IN2S/c11-10-13-12-9(14-10)7-6-8-4-2-1-3-5-8/h8H,1-7H2. The van der Waals surface area contributed by atoms with Crippen LogP contribution in [0.25, 0.3) is 0 Å². The summed E-state index contributed by atoms with van der Waals surface area (Å²) in [5, 5.41) is 9.42. The molecule has 0 N–H and O–H groups in total. The van der Waals surface area contributed by atoms with Crippen LogP contribution in [0.2, 0.25) is 0 Å². The van der Waals surface area contributed by atoms with Gasteiger partial charge in [-0.25, -0.2) is 0 Å². The molecule has 0 aliphatic heterocycles. The molecule has 1 fully saturated rings. The van der Waals surface area contributed by atoms with E-state index >= 15 is 0 Å². The van der Waals surface area contributed by atoms with E-state index in [0.717, 1.165) is 15.4 Å². The highest BCUT2D eigenvalue weighted by Crippen LogP contribution is 2.27. The molecule has 2 nitrogen and oxygen atoms in total. The molecule has 0 radical (unpaired) electrons. The van der Waals surface area contributed by atoms with Gasteiger partial charge in [-0.05, 0) is 34.9 Å². The summed E-state index contributed by atoms with van der Waals surface area (Å²) in [6.45, 7) is 0. The largest absolute Gasteiger partial charge is 0.178 e. The molecule has 2 rings (SSSR count). The molecule has 78 valence electrons. The number of rotatable bonds is 3. The quantitative estimate of drug-likeness (QED) is 0.794. The third kappa shape index (κ3) is 3.15. The third-order valence-electron chi connectivity index (χ3n) is 2.93. The average molecular weight is 322 g/mol. The zero-order valence-electron chi connectivity index (χ0n) is 8.21. The minimum atomic E-state index is 0.963. The Morgan fingerprint density at radius 2 is 2.00 bits per heavy atom. The van der Waals surface area contributed by atoms with Crippen LogP contribution < -0.4 is 0 Å². The van der Waals surface area contributed by atoms with Crippen LogP contribution in [0.5, 0.6) is 0 Å². The van der Waals surface area contributed by atoms with Gasteiger partial charge in [0.2, 0.25) is 0 Å². The second-order valence-electron chi connectivity index (χ2n) is 3.99. The van der Waals surface area contributed by atoms with Crippen molar-refractivity contribution in [1.29, 1.82) is 0 Å². The van der Waals surface area contributed by atoms with Crippen molar-refractivity contribution in [1.82, 2.24) is 10.2 Å². The van der Waals surface area contributed by atoms with Crippen LogP contribution in [0.3, 0.4) is 0 Å². The van der Waals surface area contributed by atoms with Crippen molar-refractivity contribution in [3.63, 3.8) is 0 Å². The third-order valence-corrected chi connectivity index (χ3v) is 4.58. The molecule has 1 aliphatic rings. The van der Waals surface area contributed by atoms with Crippen molar-refractivity contribution in [2.75, 3.05) is 0 Å². The van der Waals surface area contributed by atoms with Crippen LogP contribution >= 0.6 is 33.9 Å². The lowest BCUT2D eigenvalue weighted by atomic mass is 9.86. The molecule has 0 bridgehead atoms. The molecule has 0 amide bonds. The van der Waals surface area contributed by atoms with Gasteiger partial charge in [-0.15, -0.1) is 10.2 Å². The van der Waals surface area contributed by atoms with Crippen LogP contribution in [0.1, 0.15) is 43.5 Å². The molecule has 1 heterocycles. The number of aryl methyl sites for hydroxylation is 1. The predicted octanol–water partition coefficient (Wildman–Crippen LogP) is 3.66. The Kier molecular flexibility index (Phi) is 4.16. The molecular formula is C10H15IN2S. The molecule has 0 aromatic carbocycles. The zero-order valence-corrected chi connectivity index (χ0v) is 11.2. The first kappa shape index (κ1) is 10.8. The van der Waals surface area contributed by atoms with Gasteiger partial charge in [-0.3, -0.25) is 0 Å². The maximum Gasteiger partial charge on any atom is 0.178 e. The molecule has 1 aromatic rings. The van der Waals surface area contributed by atoms with Crippen LogP contribution in [-0.4, -0.2) is 10.2 Å². The van der Waals surface area contributed by atoms with Crippen molar-refractivity contribution in [3.8, 4) is 0 Å². The lowest BCUT2D eigenvalue weighted by Gasteiger charge is -2.20. The summed E-state index contributed by atoms with van der Waals surface area (Å²) < 4.78 is 1.07. The molecule has 1 aromatic heterocycles. The topological polar surface area (TPSA) is 25.8 Å². The molecule has 0 unspecified atom stereocenters. The molecule has 0 atom stereocenters. The first-order valence-electron chi connectivity index (χ1n) is 5.32. The molecular weight excluding hydrogens is 307 g/mol. The summed E-state index contributed by atoms with van der Waals surface area (Å²) in [5.74, 6) is 0.963. The van der Waals surface area contributed by atoms with Gasteiger partial charge in [-0.1, -0.05) is 43.4 Å². The van der Waals surface area contributed by atoms with Gasteiger partial charge in [0.1, 0.15) is 5.01 Å². The summed E-state index contributed by atoms with van der Waals surface area (Å²) in [4.78, 5) is 0. The lowest BCUT2D eigenvalue weighted by molar-refractivity contribution is 0.339. The zero-order chi connectivity index (χ0) is 9.80. The minimum absolute atomic E-state index is 0.963. The smallest absolute Gasteiger partial charge is 0.143 e. The van der Waals surface area contributed by atoms with E-state index in [1.165, 1.54) is 43.5 Å². The molecule has 14 heavy (non-hydrogen) atoms. The second-order valence-corrected chi connectivity index (χ2v) is 6.81. The average Bonchev–Trinajstić information content (AvgIpc) is 2.63. The summed E-state index contributed by atoms with van der Waals surface area (Å²) in [5.41, 5.74) is 0. The van der Waals surface area contributed by atoms with E-state index in [-0.39, 0.29) is 0 Å². The second kappa shape index (κ2) is 5.39. The number of nitrogens with zero attached hydrogens (tertiary/aromatic N) is 2. The van der Waals surface area contributed by atoms with Crippen LogP contribution in [0.15, 0.2) is 0 Å². The van der Waals surface area contributed by atoms with E-state index in [4.69, 9.17) is 0 Å². The first-order chi connectivity index (χ1) is 6.84. The van der Waals surface area contributed by atoms with Crippen molar-refractivity contribution >= 4 is 33.9 Å². The predicted molar refractivity (Wildman–Crippen MR) is 67.5 cm³/mol. The van der Waals surface area contributed by atoms with Crippen molar-refractivity contribution in [3.05, 3.63) is 8.02 Å². The molecule has 4 heteroatoms. The fraction of sp³-hybridized carbons (Fsp3) is 0.800. The van der Waals surface area contributed by atoms with Gasteiger partial charge < -0.3 is 0 Å². The van der Waals surface area contributed by atoms with Crippen LogP contribution in [0.4, 0.5) is 0 Å². The number of aromatic nitrogens is 2. The highest BCUT2D eigenvalue weighted by molar-refractivity contribution is 14.1. The van der Waals surface area contributed by atoms with Gasteiger partial charge in [0.05, 0.1) is 0 Å². The summed E-state index contributed by atoms with van der Waals surface area (Å²) in [6, 6.07) is 0. The van der Waals surface area contributed by atoms with E-state index in [1.807, 2.05) is 0 Å². The number of hydrogen-bond donors (Lipinski definition) is 0. The van der Waals surface area contributed by atoms with Crippen molar-refractivity contribution in [2.45, 2.75) is 44.9 Å². The number of halogens is 1. The van der Waals surface area contributed by atoms with Gasteiger partial charge >= 0.3 is 0 Å². The Morgan fingerprint density at radius 3 is 2.64 bits per heavy atom. The molecule has 1 saturated carbocycles. The van der Waals surface area contributed by atoms with Gasteiger partial charge in [0.25, 0.3) is 0 Å². The fourth-order valence-electron chi connectivity index (χ4n) is 2.14. The maximum absolute atomic E-state index is 4.16. The van der Waals surface area contributed by atoms with Crippen molar-refractivity contribution < 1.29 is 0 Å². The Hall–Kier alpha value is 0.290.